The van der Waals surface area contributed by atoms with E-state index in [9.17, 15) is 4.79 Å². The number of hydrogen-bond acceptors (Lipinski definition) is 6. The first kappa shape index (κ1) is 14.6. The smallest absolute Gasteiger partial charge is 0.331 e. The van der Waals surface area contributed by atoms with Gasteiger partial charge in [0.25, 0.3) is 0 Å². The first-order chi connectivity index (χ1) is 12.2. The number of thiazole rings is 1. The molecule has 1 aromatic carbocycles. The Morgan fingerprint density at radius 1 is 1.16 bits per heavy atom. The Balaban J connectivity index is 1.37. The van der Waals surface area contributed by atoms with Crippen LogP contribution in [0.1, 0.15) is 18.9 Å². The minimum Gasteiger partial charge on any atom is -0.359 e. The fraction of sp³-hybridized carbons (Fsp3) is 0.294. The molecule has 0 aliphatic heterocycles. The molecule has 4 aromatic rings. The van der Waals surface area contributed by atoms with Crippen LogP contribution in [-0.4, -0.2) is 30.1 Å². The van der Waals surface area contributed by atoms with E-state index < -0.39 is 0 Å². The third-order valence-electron chi connectivity index (χ3n) is 4.80. The van der Waals surface area contributed by atoms with Crippen molar-refractivity contribution in [3.05, 3.63) is 47.1 Å². The van der Waals surface area contributed by atoms with E-state index in [1.807, 2.05) is 18.2 Å². The summed E-state index contributed by atoms with van der Waals surface area (Å²) in [5.74, 6) is 0. The standard InChI is InChI=1S/C17H16N6OS/c1-22-14-15(19-7-6-18-14)23(17(22)24)11-8-10(9-11)20-16-21-12-4-2-3-5-13(12)25-16/h2-7,10-11H,8-9H2,1H3,(H,20,21)/t10-,11+. The Hall–Kier alpha value is -2.74. The molecule has 7 nitrogen and oxygen atoms in total. The van der Waals surface area contributed by atoms with Crippen LogP contribution >= 0.6 is 11.3 Å². The predicted molar refractivity (Wildman–Crippen MR) is 98.1 cm³/mol. The largest absolute Gasteiger partial charge is 0.359 e. The molecule has 1 aliphatic carbocycles. The van der Waals surface area contributed by atoms with Crippen molar-refractivity contribution < 1.29 is 0 Å². The fourth-order valence-corrected chi connectivity index (χ4v) is 4.37. The quantitative estimate of drug-likeness (QED) is 0.613. The van der Waals surface area contributed by atoms with Gasteiger partial charge in [0.1, 0.15) is 0 Å². The number of hydrogen-bond donors (Lipinski definition) is 1. The lowest BCUT2D eigenvalue weighted by atomic mass is 9.86. The molecule has 0 amide bonds. The highest BCUT2D eigenvalue weighted by Crippen LogP contribution is 2.36. The molecule has 3 heterocycles. The second kappa shape index (κ2) is 5.38. The molecule has 1 aliphatic rings. The number of nitrogens with zero attached hydrogens (tertiary/aromatic N) is 5. The van der Waals surface area contributed by atoms with E-state index in [4.69, 9.17) is 0 Å². The zero-order valence-electron chi connectivity index (χ0n) is 13.6. The number of imidazole rings is 1. The molecule has 1 N–H and O–H groups in total. The third kappa shape index (κ3) is 2.25. The van der Waals surface area contributed by atoms with Gasteiger partial charge in [-0.3, -0.25) is 9.13 Å². The Bertz CT molecular complexity index is 1100. The van der Waals surface area contributed by atoms with Crippen LogP contribution in [0.5, 0.6) is 0 Å². The summed E-state index contributed by atoms with van der Waals surface area (Å²) < 4.78 is 4.52. The van der Waals surface area contributed by atoms with Gasteiger partial charge in [-0.05, 0) is 25.0 Å². The summed E-state index contributed by atoms with van der Waals surface area (Å²) in [6.45, 7) is 0. The van der Waals surface area contributed by atoms with Crippen molar-refractivity contribution in [1.29, 1.82) is 0 Å². The number of aryl methyl sites for hydroxylation is 1. The highest BCUT2D eigenvalue weighted by molar-refractivity contribution is 7.22. The summed E-state index contributed by atoms with van der Waals surface area (Å²) in [6, 6.07) is 8.60. The maximum absolute atomic E-state index is 12.5. The third-order valence-corrected chi connectivity index (χ3v) is 5.77. The summed E-state index contributed by atoms with van der Waals surface area (Å²) in [7, 11) is 1.74. The lowest BCUT2D eigenvalue weighted by Gasteiger charge is -2.36. The summed E-state index contributed by atoms with van der Waals surface area (Å²) >= 11 is 1.66. The molecule has 0 atom stereocenters. The van der Waals surface area contributed by atoms with E-state index in [1.54, 1.807) is 39.9 Å². The van der Waals surface area contributed by atoms with Crippen molar-refractivity contribution >= 4 is 38.0 Å². The Morgan fingerprint density at radius 3 is 2.72 bits per heavy atom. The molecule has 1 saturated carbocycles. The predicted octanol–water partition coefficient (Wildman–Crippen LogP) is 2.56. The summed E-state index contributed by atoms with van der Waals surface area (Å²) in [5.41, 5.74) is 2.27. The van der Waals surface area contributed by atoms with Gasteiger partial charge in [-0.2, -0.15) is 0 Å². The molecule has 5 rings (SSSR count). The lowest BCUT2D eigenvalue weighted by molar-refractivity contribution is 0.280. The number of aromatic nitrogens is 5. The minimum absolute atomic E-state index is 0.0513. The van der Waals surface area contributed by atoms with E-state index in [2.05, 4.69) is 26.3 Å². The highest BCUT2D eigenvalue weighted by atomic mass is 32.1. The second-order valence-electron chi connectivity index (χ2n) is 6.37. The zero-order chi connectivity index (χ0) is 17.0. The van der Waals surface area contributed by atoms with Crippen molar-refractivity contribution in [1.82, 2.24) is 24.1 Å². The average molecular weight is 352 g/mol. The minimum atomic E-state index is -0.0513. The van der Waals surface area contributed by atoms with Crippen LogP contribution in [0.25, 0.3) is 21.5 Å². The lowest BCUT2D eigenvalue weighted by Crippen LogP contribution is -2.40. The molecule has 25 heavy (non-hydrogen) atoms. The first-order valence-electron chi connectivity index (χ1n) is 8.21. The Morgan fingerprint density at radius 2 is 1.92 bits per heavy atom. The normalized spacial score (nSPS) is 20.0. The average Bonchev–Trinajstić information content (AvgIpc) is 3.11. The molecule has 0 unspecified atom stereocenters. The molecule has 1 fully saturated rings. The Kier molecular flexibility index (Phi) is 3.14. The van der Waals surface area contributed by atoms with Gasteiger partial charge in [-0.25, -0.2) is 19.7 Å². The molecule has 126 valence electrons. The van der Waals surface area contributed by atoms with E-state index in [1.165, 1.54) is 4.70 Å². The van der Waals surface area contributed by atoms with Crippen LogP contribution in [0.4, 0.5) is 5.13 Å². The van der Waals surface area contributed by atoms with Gasteiger partial charge in [0.2, 0.25) is 0 Å². The number of benzene rings is 1. The molecule has 0 saturated heterocycles. The highest BCUT2D eigenvalue weighted by Gasteiger charge is 2.34. The number of anilines is 1. The fourth-order valence-electron chi connectivity index (χ4n) is 3.43. The zero-order valence-corrected chi connectivity index (χ0v) is 14.4. The number of rotatable bonds is 3. The number of para-hydroxylation sites is 1. The van der Waals surface area contributed by atoms with Crippen LogP contribution < -0.4 is 11.0 Å². The van der Waals surface area contributed by atoms with E-state index in [-0.39, 0.29) is 11.7 Å². The van der Waals surface area contributed by atoms with Gasteiger partial charge in [0.15, 0.2) is 16.4 Å². The van der Waals surface area contributed by atoms with Crippen molar-refractivity contribution in [2.24, 2.45) is 7.05 Å². The van der Waals surface area contributed by atoms with Gasteiger partial charge in [-0.15, -0.1) is 0 Å². The number of fused-ring (bicyclic) bond motifs is 2. The summed E-state index contributed by atoms with van der Waals surface area (Å²) in [4.78, 5) is 25.8. The van der Waals surface area contributed by atoms with Crippen LogP contribution in [0, 0.1) is 0 Å². The molecular weight excluding hydrogens is 336 g/mol. The van der Waals surface area contributed by atoms with Crippen LogP contribution in [0.2, 0.25) is 0 Å². The van der Waals surface area contributed by atoms with Crippen molar-refractivity contribution in [3.63, 3.8) is 0 Å². The monoisotopic (exact) mass is 352 g/mol. The Labute approximate surface area is 147 Å². The van der Waals surface area contributed by atoms with Crippen molar-refractivity contribution in [2.45, 2.75) is 24.9 Å². The maximum atomic E-state index is 12.5. The topological polar surface area (TPSA) is 77.6 Å². The van der Waals surface area contributed by atoms with Crippen molar-refractivity contribution in [2.75, 3.05) is 5.32 Å². The molecular formula is C17H16N6OS. The van der Waals surface area contributed by atoms with E-state index in [0.717, 1.165) is 23.5 Å². The van der Waals surface area contributed by atoms with Gasteiger partial charge in [0, 0.05) is 31.5 Å². The van der Waals surface area contributed by atoms with Gasteiger partial charge in [-0.1, -0.05) is 23.5 Å². The van der Waals surface area contributed by atoms with Crippen LogP contribution in [-0.2, 0) is 7.05 Å². The molecule has 0 radical (unpaired) electrons. The molecule has 0 spiro atoms. The SMILES string of the molecule is Cn1c(=O)n([C@H]2C[C@@H](Nc3nc4ccccc4s3)C2)c2nccnc21. The molecule has 8 heteroatoms. The molecule has 0 bridgehead atoms. The van der Waals surface area contributed by atoms with E-state index in [0.29, 0.717) is 17.3 Å². The summed E-state index contributed by atoms with van der Waals surface area (Å²) in [5, 5.41) is 4.43. The maximum Gasteiger partial charge on any atom is 0.331 e. The van der Waals surface area contributed by atoms with Crippen molar-refractivity contribution in [3.8, 4) is 0 Å². The van der Waals surface area contributed by atoms with Crippen LogP contribution in [0.15, 0.2) is 41.5 Å². The van der Waals surface area contributed by atoms with Gasteiger partial charge < -0.3 is 5.32 Å². The first-order valence-corrected chi connectivity index (χ1v) is 9.02. The van der Waals surface area contributed by atoms with E-state index >= 15 is 0 Å². The van der Waals surface area contributed by atoms with Gasteiger partial charge >= 0.3 is 5.69 Å². The second-order valence-corrected chi connectivity index (χ2v) is 7.40. The number of nitrogens with one attached hydrogen (secondary N) is 1. The van der Waals surface area contributed by atoms with Gasteiger partial charge in [0.05, 0.1) is 10.2 Å². The molecule has 3 aromatic heterocycles. The summed E-state index contributed by atoms with van der Waals surface area (Å²) in [6.07, 6.45) is 5.01. The van der Waals surface area contributed by atoms with Crippen LogP contribution in [0.3, 0.4) is 0 Å².